The van der Waals surface area contributed by atoms with Gasteiger partial charge in [-0.2, -0.15) is 5.10 Å². The normalized spacial score (nSPS) is 10.5. The number of ether oxygens (including phenoxy) is 1. The summed E-state index contributed by atoms with van der Waals surface area (Å²) in [5.41, 5.74) is 3.41. The fourth-order valence-corrected chi connectivity index (χ4v) is 2.39. The number of carbonyl (C=O) groups is 2. The molecular weight excluding hydrogens is 402 g/mol. The fourth-order valence-electron chi connectivity index (χ4n) is 1.99. The Balaban J connectivity index is 1.84. The van der Waals surface area contributed by atoms with Crippen LogP contribution in [0.25, 0.3) is 0 Å². The summed E-state index contributed by atoms with van der Waals surface area (Å²) in [5.74, 6) is -0.453. The van der Waals surface area contributed by atoms with Gasteiger partial charge in [-0.15, -0.1) is 0 Å². The molecule has 0 aromatic heterocycles. The molecule has 26 heavy (non-hydrogen) atoms. The molecule has 0 aliphatic rings. The van der Waals surface area contributed by atoms with Gasteiger partial charge in [0.2, 0.25) is 0 Å². The van der Waals surface area contributed by atoms with Crippen LogP contribution in [0.5, 0.6) is 11.5 Å². The van der Waals surface area contributed by atoms with Crippen LogP contribution in [0, 0.1) is 0 Å². The highest BCUT2D eigenvalue weighted by Gasteiger charge is 2.08. The van der Waals surface area contributed by atoms with Gasteiger partial charge in [0.15, 0.2) is 11.5 Å². The predicted octanol–water partition coefficient (Wildman–Crippen LogP) is 2.43. The Labute approximate surface area is 159 Å². The molecule has 8 heteroatoms. The van der Waals surface area contributed by atoms with E-state index in [1.807, 2.05) is 6.92 Å². The molecule has 0 bridgehead atoms. The fraction of sp³-hybridized carbons (Fsp3) is 0.167. The topological polar surface area (TPSA) is 100 Å². The molecule has 136 valence electrons. The number of carbonyl (C=O) groups excluding carboxylic acids is 2. The van der Waals surface area contributed by atoms with Gasteiger partial charge in [0.1, 0.15) is 0 Å². The monoisotopic (exact) mass is 419 g/mol. The highest BCUT2D eigenvalue weighted by Crippen LogP contribution is 2.26. The van der Waals surface area contributed by atoms with E-state index in [1.165, 1.54) is 12.3 Å². The third-order valence-electron chi connectivity index (χ3n) is 3.18. The summed E-state index contributed by atoms with van der Waals surface area (Å²) in [5, 5.41) is 16.0. The molecule has 0 atom stereocenters. The summed E-state index contributed by atoms with van der Waals surface area (Å²) >= 11 is 3.28. The van der Waals surface area contributed by atoms with Gasteiger partial charge >= 0.3 is 0 Å². The Hall–Kier alpha value is -2.87. The van der Waals surface area contributed by atoms with Crippen molar-refractivity contribution in [1.82, 2.24) is 10.7 Å². The molecule has 3 N–H and O–H groups in total. The van der Waals surface area contributed by atoms with Gasteiger partial charge in [0.05, 0.1) is 19.4 Å². The van der Waals surface area contributed by atoms with E-state index in [2.05, 4.69) is 31.8 Å². The third kappa shape index (κ3) is 5.89. The van der Waals surface area contributed by atoms with Crippen molar-refractivity contribution in [2.75, 3.05) is 13.2 Å². The van der Waals surface area contributed by atoms with E-state index >= 15 is 0 Å². The smallest absolute Gasteiger partial charge is 0.259 e. The molecule has 0 aliphatic heterocycles. The number of phenolic OH excluding ortho intramolecular Hbond substituents is 1. The number of benzene rings is 2. The van der Waals surface area contributed by atoms with Crippen molar-refractivity contribution in [1.29, 1.82) is 0 Å². The minimum Gasteiger partial charge on any atom is -0.504 e. The Kier molecular flexibility index (Phi) is 7.16. The lowest BCUT2D eigenvalue weighted by molar-refractivity contribution is -0.120. The second-order valence-electron chi connectivity index (χ2n) is 5.15. The van der Waals surface area contributed by atoms with Crippen LogP contribution < -0.4 is 15.5 Å². The number of hydrogen-bond donors (Lipinski definition) is 3. The molecule has 2 aromatic carbocycles. The summed E-state index contributed by atoms with van der Waals surface area (Å²) in [7, 11) is 0. The standard InChI is InChI=1S/C18H18BrN3O4/c1-2-26-16-8-12(6-7-15(16)23)10-21-22-17(24)11-20-18(25)13-4-3-5-14(19)9-13/h3-10,23H,2,11H2,1H3,(H,20,25)(H,22,24)/b21-10+. The maximum atomic E-state index is 11.9. The average Bonchev–Trinajstić information content (AvgIpc) is 2.62. The van der Waals surface area contributed by atoms with E-state index in [-0.39, 0.29) is 18.2 Å². The first-order valence-corrected chi connectivity index (χ1v) is 8.60. The molecule has 0 fully saturated rings. The maximum absolute atomic E-state index is 11.9. The number of phenols is 1. The van der Waals surface area contributed by atoms with Crippen LogP contribution in [0.2, 0.25) is 0 Å². The van der Waals surface area contributed by atoms with Crippen LogP contribution >= 0.6 is 15.9 Å². The lowest BCUT2D eigenvalue weighted by Gasteiger charge is -2.06. The summed E-state index contributed by atoms with van der Waals surface area (Å²) < 4.78 is 6.05. The largest absolute Gasteiger partial charge is 0.504 e. The number of amides is 2. The number of hydrogen-bond acceptors (Lipinski definition) is 5. The van der Waals surface area contributed by atoms with E-state index in [9.17, 15) is 14.7 Å². The van der Waals surface area contributed by atoms with Crippen LogP contribution in [0.3, 0.4) is 0 Å². The lowest BCUT2D eigenvalue weighted by atomic mass is 10.2. The summed E-state index contributed by atoms with van der Waals surface area (Å²) in [6, 6.07) is 11.6. The molecule has 2 amide bonds. The SMILES string of the molecule is CCOc1cc(/C=N/NC(=O)CNC(=O)c2cccc(Br)c2)ccc1O. The van der Waals surface area contributed by atoms with Crippen LogP contribution in [-0.4, -0.2) is 36.3 Å². The van der Waals surface area contributed by atoms with Crippen LogP contribution in [0.15, 0.2) is 52.0 Å². The van der Waals surface area contributed by atoms with E-state index in [0.717, 1.165) is 4.47 Å². The molecular formula is C18H18BrN3O4. The molecule has 2 aromatic rings. The van der Waals surface area contributed by atoms with Crippen LogP contribution in [0.1, 0.15) is 22.8 Å². The minimum absolute atomic E-state index is 0.0308. The zero-order valence-corrected chi connectivity index (χ0v) is 15.6. The van der Waals surface area contributed by atoms with E-state index in [1.54, 1.807) is 36.4 Å². The molecule has 2 rings (SSSR count). The molecule has 7 nitrogen and oxygen atoms in total. The van der Waals surface area contributed by atoms with Crippen molar-refractivity contribution in [3.63, 3.8) is 0 Å². The van der Waals surface area contributed by atoms with Crippen LogP contribution in [-0.2, 0) is 4.79 Å². The third-order valence-corrected chi connectivity index (χ3v) is 3.68. The van der Waals surface area contributed by atoms with Crippen LogP contribution in [0.4, 0.5) is 0 Å². The average molecular weight is 420 g/mol. The number of rotatable bonds is 7. The molecule has 0 radical (unpaired) electrons. The first-order chi connectivity index (χ1) is 12.5. The molecule has 0 saturated carbocycles. The zero-order valence-electron chi connectivity index (χ0n) is 14.0. The van der Waals surface area contributed by atoms with E-state index in [4.69, 9.17) is 4.74 Å². The van der Waals surface area contributed by atoms with Gasteiger partial charge in [-0.05, 0) is 48.9 Å². The van der Waals surface area contributed by atoms with Gasteiger partial charge in [0.25, 0.3) is 11.8 Å². The van der Waals surface area contributed by atoms with E-state index < -0.39 is 5.91 Å². The predicted molar refractivity (Wildman–Crippen MR) is 101 cm³/mol. The van der Waals surface area contributed by atoms with Crippen molar-refractivity contribution in [2.24, 2.45) is 5.10 Å². The van der Waals surface area contributed by atoms with Gasteiger partial charge in [-0.25, -0.2) is 5.43 Å². The number of aromatic hydroxyl groups is 1. The van der Waals surface area contributed by atoms with Crippen molar-refractivity contribution in [3.8, 4) is 11.5 Å². The quantitative estimate of drug-likeness (QED) is 0.473. The van der Waals surface area contributed by atoms with E-state index in [0.29, 0.717) is 23.5 Å². The number of halogens is 1. The first-order valence-electron chi connectivity index (χ1n) is 7.81. The molecule has 0 spiro atoms. The summed E-state index contributed by atoms with van der Waals surface area (Å²) in [6.45, 7) is 2.02. The highest BCUT2D eigenvalue weighted by molar-refractivity contribution is 9.10. The van der Waals surface area contributed by atoms with Crippen molar-refractivity contribution >= 4 is 34.0 Å². The number of nitrogens with zero attached hydrogens (tertiary/aromatic N) is 1. The summed E-state index contributed by atoms with van der Waals surface area (Å²) in [4.78, 5) is 23.7. The number of nitrogens with one attached hydrogen (secondary N) is 2. The first kappa shape index (κ1) is 19.5. The maximum Gasteiger partial charge on any atom is 0.259 e. The van der Waals surface area contributed by atoms with Gasteiger partial charge < -0.3 is 15.2 Å². The Bertz CT molecular complexity index is 824. The zero-order chi connectivity index (χ0) is 18.9. The Morgan fingerprint density at radius 2 is 2.08 bits per heavy atom. The molecule has 0 saturated heterocycles. The van der Waals surface area contributed by atoms with Crippen molar-refractivity contribution in [2.45, 2.75) is 6.92 Å². The second kappa shape index (κ2) is 9.57. The Morgan fingerprint density at radius 3 is 2.81 bits per heavy atom. The van der Waals surface area contributed by atoms with Crippen molar-refractivity contribution in [3.05, 3.63) is 58.1 Å². The number of hydrazone groups is 1. The molecule has 0 heterocycles. The second-order valence-corrected chi connectivity index (χ2v) is 6.06. The molecule has 0 aliphatic carbocycles. The molecule has 0 unspecified atom stereocenters. The van der Waals surface area contributed by atoms with Crippen molar-refractivity contribution < 1.29 is 19.4 Å². The van der Waals surface area contributed by atoms with Gasteiger partial charge in [-0.3, -0.25) is 9.59 Å². The minimum atomic E-state index is -0.464. The van der Waals surface area contributed by atoms with Gasteiger partial charge in [0, 0.05) is 10.0 Å². The highest BCUT2D eigenvalue weighted by atomic mass is 79.9. The van der Waals surface area contributed by atoms with Gasteiger partial charge in [-0.1, -0.05) is 22.0 Å². The lowest BCUT2D eigenvalue weighted by Crippen LogP contribution is -2.34. The Morgan fingerprint density at radius 1 is 1.27 bits per heavy atom. The summed E-state index contributed by atoms with van der Waals surface area (Å²) in [6.07, 6.45) is 1.41.